The number of nitrogens with zero attached hydrogens (tertiary/aromatic N) is 1. The molecule has 140 valence electrons. The van der Waals surface area contributed by atoms with Gasteiger partial charge < -0.3 is 5.32 Å². The van der Waals surface area contributed by atoms with Crippen molar-refractivity contribution >= 4 is 21.6 Å². The molecule has 0 aromatic heterocycles. The van der Waals surface area contributed by atoms with Crippen LogP contribution in [0.5, 0.6) is 0 Å². The van der Waals surface area contributed by atoms with Crippen molar-refractivity contribution in [3.8, 4) is 0 Å². The van der Waals surface area contributed by atoms with Gasteiger partial charge in [0.05, 0.1) is 4.90 Å². The Hall–Kier alpha value is -2.18. The van der Waals surface area contributed by atoms with Gasteiger partial charge in [0, 0.05) is 24.3 Å². The van der Waals surface area contributed by atoms with Crippen molar-refractivity contribution in [1.29, 1.82) is 0 Å². The van der Waals surface area contributed by atoms with E-state index < -0.39 is 10.0 Å². The highest BCUT2D eigenvalue weighted by Gasteiger charge is 2.21. The fourth-order valence-corrected chi connectivity index (χ4v) is 4.10. The third kappa shape index (κ3) is 4.51. The first-order valence-electron chi connectivity index (χ1n) is 8.81. The summed E-state index contributed by atoms with van der Waals surface area (Å²) >= 11 is 0. The number of benzene rings is 2. The molecular weight excluding hydrogens is 348 g/mol. The van der Waals surface area contributed by atoms with E-state index in [4.69, 9.17) is 0 Å². The van der Waals surface area contributed by atoms with E-state index in [9.17, 15) is 13.2 Å². The Balaban J connectivity index is 2.12. The van der Waals surface area contributed by atoms with Crippen LogP contribution in [0.25, 0.3) is 0 Å². The number of anilines is 1. The summed E-state index contributed by atoms with van der Waals surface area (Å²) in [5.74, 6) is 0.187. The van der Waals surface area contributed by atoms with E-state index in [0.717, 1.165) is 0 Å². The van der Waals surface area contributed by atoms with Crippen molar-refractivity contribution in [3.63, 3.8) is 0 Å². The quantitative estimate of drug-likeness (QED) is 0.794. The SMILES string of the molecule is CCN(CC)S(=O)(=O)c1ccc(NC(=O)c2ccc(C(C)C)cc2)cc1. The minimum Gasteiger partial charge on any atom is -0.322 e. The standard InChI is InChI=1S/C20H26N2O3S/c1-5-22(6-2)26(24,25)19-13-11-18(12-14-19)21-20(23)17-9-7-16(8-10-17)15(3)4/h7-15H,5-6H2,1-4H3,(H,21,23). The van der Waals surface area contributed by atoms with Gasteiger partial charge in [0.1, 0.15) is 0 Å². The molecule has 2 rings (SSSR count). The molecule has 0 radical (unpaired) electrons. The van der Waals surface area contributed by atoms with Crippen molar-refractivity contribution in [1.82, 2.24) is 4.31 Å². The maximum Gasteiger partial charge on any atom is 0.255 e. The molecule has 2 aromatic rings. The van der Waals surface area contributed by atoms with Gasteiger partial charge in [-0.1, -0.05) is 39.8 Å². The largest absolute Gasteiger partial charge is 0.322 e. The van der Waals surface area contributed by atoms with Gasteiger partial charge in [0.2, 0.25) is 10.0 Å². The zero-order chi connectivity index (χ0) is 19.3. The molecule has 0 saturated heterocycles. The molecule has 1 N–H and O–H groups in total. The van der Waals surface area contributed by atoms with Crippen molar-refractivity contribution in [2.45, 2.75) is 38.5 Å². The Labute approximate surface area is 156 Å². The van der Waals surface area contributed by atoms with Gasteiger partial charge in [-0.3, -0.25) is 4.79 Å². The van der Waals surface area contributed by atoms with E-state index in [0.29, 0.717) is 30.3 Å². The molecule has 1 amide bonds. The van der Waals surface area contributed by atoms with Crippen LogP contribution in [-0.4, -0.2) is 31.7 Å². The molecule has 26 heavy (non-hydrogen) atoms. The van der Waals surface area contributed by atoms with Gasteiger partial charge in [-0.2, -0.15) is 4.31 Å². The molecule has 5 nitrogen and oxygen atoms in total. The minimum atomic E-state index is -3.49. The second kappa shape index (κ2) is 8.47. The first-order chi connectivity index (χ1) is 12.3. The molecule has 0 unspecified atom stereocenters. The second-order valence-electron chi connectivity index (χ2n) is 6.34. The summed E-state index contributed by atoms with van der Waals surface area (Å²) in [5.41, 5.74) is 2.29. The lowest BCUT2D eigenvalue weighted by Crippen LogP contribution is -2.30. The third-order valence-electron chi connectivity index (χ3n) is 4.29. The molecule has 0 atom stereocenters. The van der Waals surface area contributed by atoms with Crippen molar-refractivity contribution in [2.75, 3.05) is 18.4 Å². The van der Waals surface area contributed by atoms with Gasteiger partial charge in [-0.05, 0) is 47.9 Å². The van der Waals surface area contributed by atoms with Crippen molar-refractivity contribution in [2.24, 2.45) is 0 Å². The predicted octanol–water partition coefficient (Wildman–Crippen LogP) is 4.09. The summed E-state index contributed by atoms with van der Waals surface area (Å²) in [7, 11) is -3.49. The van der Waals surface area contributed by atoms with Crippen LogP contribution in [0, 0.1) is 0 Å². The number of nitrogens with one attached hydrogen (secondary N) is 1. The molecule has 0 aliphatic rings. The van der Waals surface area contributed by atoms with Crippen LogP contribution in [0.4, 0.5) is 5.69 Å². The van der Waals surface area contributed by atoms with Gasteiger partial charge in [-0.15, -0.1) is 0 Å². The summed E-state index contributed by atoms with van der Waals surface area (Å²) in [6.45, 7) is 8.65. The Bertz CT molecular complexity index is 838. The Morgan fingerprint density at radius 2 is 1.50 bits per heavy atom. The fraction of sp³-hybridized carbons (Fsp3) is 0.350. The van der Waals surface area contributed by atoms with Crippen LogP contribution in [0.2, 0.25) is 0 Å². The summed E-state index contributed by atoms with van der Waals surface area (Å²) < 4.78 is 26.3. The first kappa shape index (κ1) is 20.1. The molecule has 0 bridgehead atoms. The van der Waals surface area contributed by atoms with Crippen LogP contribution in [0.1, 0.15) is 49.5 Å². The molecule has 6 heteroatoms. The lowest BCUT2D eigenvalue weighted by Gasteiger charge is -2.18. The number of hydrogen-bond acceptors (Lipinski definition) is 3. The average molecular weight is 375 g/mol. The maximum atomic E-state index is 12.5. The van der Waals surface area contributed by atoms with Crippen LogP contribution in [-0.2, 0) is 10.0 Å². The maximum absolute atomic E-state index is 12.5. The third-order valence-corrected chi connectivity index (χ3v) is 6.36. The van der Waals surface area contributed by atoms with Crippen LogP contribution in [0.3, 0.4) is 0 Å². The summed E-state index contributed by atoms with van der Waals surface area (Å²) in [6, 6.07) is 13.7. The number of hydrogen-bond donors (Lipinski definition) is 1. The van der Waals surface area contributed by atoms with E-state index in [1.807, 2.05) is 12.1 Å². The van der Waals surface area contributed by atoms with Crippen molar-refractivity contribution in [3.05, 3.63) is 59.7 Å². The molecule has 2 aromatic carbocycles. The molecule has 0 spiro atoms. The number of amides is 1. The van der Waals surface area contributed by atoms with Crippen molar-refractivity contribution < 1.29 is 13.2 Å². The molecule has 0 saturated carbocycles. The molecule has 0 fully saturated rings. The highest BCUT2D eigenvalue weighted by atomic mass is 32.2. The summed E-state index contributed by atoms with van der Waals surface area (Å²) in [6.07, 6.45) is 0. The van der Waals surface area contributed by atoms with E-state index in [-0.39, 0.29) is 10.8 Å². The molecular formula is C20H26N2O3S. The lowest BCUT2D eigenvalue weighted by atomic mass is 10.0. The predicted molar refractivity (Wildman–Crippen MR) is 105 cm³/mol. The van der Waals surface area contributed by atoms with Crippen LogP contribution >= 0.6 is 0 Å². The highest BCUT2D eigenvalue weighted by molar-refractivity contribution is 7.89. The fourth-order valence-electron chi connectivity index (χ4n) is 2.65. The Morgan fingerprint density at radius 1 is 0.962 bits per heavy atom. The van der Waals surface area contributed by atoms with Gasteiger partial charge >= 0.3 is 0 Å². The summed E-state index contributed by atoms with van der Waals surface area (Å²) in [4.78, 5) is 12.6. The van der Waals surface area contributed by atoms with Gasteiger partial charge in [-0.25, -0.2) is 8.42 Å². The van der Waals surface area contributed by atoms with E-state index in [1.54, 1.807) is 38.1 Å². The number of rotatable bonds is 7. The van der Waals surface area contributed by atoms with E-state index >= 15 is 0 Å². The van der Waals surface area contributed by atoms with E-state index in [2.05, 4.69) is 19.2 Å². The Morgan fingerprint density at radius 3 is 1.96 bits per heavy atom. The highest BCUT2D eigenvalue weighted by Crippen LogP contribution is 2.19. The van der Waals surface area contributed by atoms with Gasteiger partial charge in [0.25, 0.3) is 5.91 Å². The first-order valence-corrected chi connectivity index (χ1v) is 10.2. The number of carbonyl (C=O) groups is 1. The van der Waals surface area contributed by atoms with E-state index in [1.165, 1.54) is 22.0 Å². The number of carbonyl (C=O) groups excluding carboxylic acids is 1. The normalized spacial score (nSPS) is 11.8. The zero-order valence-corrected chi connectivity index (χ0v) is 16.5. The summed E-state index contributed by atoms with van der Waals surface area (Å²) in [5, 5.41) is 2.80. The average Bonchev–Trinajstić information content (AvgIpc) is 2.63. The van der Waals surface area contributed by atoms with Crippen LogP contribution in [0.15, 0.2) is 53.4 Å². The lowest BCUT2D eigenvalue weighted by molar-refractivity contribution is 0.102. The zero-order valence-electron chi connectivity index (χ0n) is 15.7. The van der Waals surface area contributed by atoms with Gasteiger partial charge in [0.15, 0.2) is 0 Å². The monoisotopic (exact) mass is 374 g/mol. The topological polar surface area (TPSA) is 66.5 Å². The Kier molecular flexibility index (Phi) is 6.56. The smallest absolute Gasteiger partial charge is 0.255 e. The molecule has 0 aliphatic carbocycles. The van der Waals surface area contributed by atoms with Crippen LogP contribution < -0.4 is 5.32 Å². The molecule has 0 aliphatic heterocycles. The minimum absolute atomic E-state index is 0.223. The molecule has 0 heterocycles. The second-order valence-corrected chi connectivity index (χ2v) is 8.28. The number of sulfonamides is 1.